The van der Waals surface area contributed by atoms with E-state index >= 15 is 0 Å². The van der Waals surface area contributed by atoms with E-state index in [9.17, 15) is 0 Å². The van der Waals surface area contributed by atoms with E-state index in [-0.39, 0.29) is 36.1 Å². The number of rotatable bonds is 7. The van der Waals surface area contributed by atoms with Crippen molar-refractivity contribution in [1.29, 1.82) is 0 Å². The predicted octanol–water partition coefficient (Wildman–Crippen LogP) is 2.93. The summed E-state index contributed by atoms with van der Waals surface area (Å²) in [6.07, 6.45) is -0.0141. The fraction of sp³-hybridized carbons (Fsp3) is 0.533. The molecule has 0 fully saturated rings. The molecule has 2 unspecified atom stereocenters. The van der Waals surface area contributed by atoms with Crippen LogP contribution >= 0.6 is 35.6 Å². The Labute approximate surface area is 154 Å². The Balaban J connectivity index is 0.00000441. The lowest BCUT2D eigenvalue weighted by atomic mass is 10.3. The maximum Gasteiger partial charge on any atom is 0.191 e. The highest BCUT2D eigenvalue weighted by Gasteiger charge is 2.08. The van der Waals surface area contributed by atoms with Gasteiger partial charge in [-0.2, -0.15) is 0 Å². The number of aliphatic imine (C=N–C) groups is 1. The molecule has 0 saturated carbocycles. The van der Waals surface area contributed by atoms with Gasteiger partial charge in [-0.3, -0.25) is 4.99 Å². The maximum absolute atomic E-state index is 5.93. The monoisotopic (exact) mass is 441 g/mol. The first-order chi connectivity index (χ1) is 10.0. The number of guanidine groups is 1. The van der Waals surface area contributed by atoms with Gasteiger partial charge in [0.15, 0.2) is 5.96 Å². The second-order valence-corrected chi connectivity index (χ2v) is 5.28. The van der Waals surface area contributed by atoms with E-state index in [0.29, 0.717) is 18.2 Å². The lowest BCUT2D eigenvalue weighted by molar-refractivity contribution is 0.178. The van der Waals surface area contributed by atoms with Crippen molar-refractivity contribution in [3.05, 3.63) is 29.3 Å². The molecule has 0 aliphatic carbocycles. The minimum Gasteiger partial charge on any atom is -0.489 e. The summed E-state index contributed by atoms with van der Waals surface area (Å²) in [7, 11) is 3.41. The summed E-state index contributed by atoms with van der Waals surface area (Å²) in [6, 6.07) is 7.55. The molecule has 5 nitrogen and oxygen atoms in total. The van der Waals surface area contributed by atoms with Gasteiger partial charge in [-0.15, -0.1) is 24.0 Å². The van der Waals surface area contributed by atoms with Crippen LogP contribution in [0.1, 0.15) is 13.8 Å². The van der Waals surface area contributed by atoms with Crippen molar-refractivity contribution in [2.75, 3.05) is 27.3 Å². The first-order valence-electron chi connectivity index (χ1n) is 6.93. The molecule has 0 heterocycles. The summed E-state index contributed by atoms with van der Waals surface area (Å²) in [4.78, 5) is 4.17. The molecule has 0 spiro atoms. The van der Waals surface area contributed by atoms with Crippen molar-refractivity contribution in [3.8, 4) is 5.75 Å². The van der Waals surface area contributed by atoms with Gasteiger partial charge in [-0.25, -0.2) is 0 Å². The highest BCUT2D eigenvalue weighted by atomic mass is 127. The highest BCUT2D eigenvalue weighted by Crippen LogP contribution is 2.18. The SMILES string of the molecule is CN=C(NCC(C)Oc1cccc(Cl)c1)NC(C)COC.I. The van der Waals surface area contributed by atoms with Crippen molar-refractivity contribution in [2.24, 2.45) is 4.99 Å². The molecular formula is C15H25ClIN3O2. The summed E-state index contributed by atoms with van der Waals surface area (Å²) in [5.74, 6) is 1.48. The van der Waals surface area contributed by atoms with Crippen molar-refractivity contribution in [1.82, 2.24) is 10.6 Å². The van der Waals surface area contributed by atoms with Crippen molar-refractivity contribution in [3.63, 3.8) is 0 Å². The Morgan fingerprint density at radius 2 is 2.09 bits per heavy atom. The summed E-state index contributed by atoms with van der Waals surface area (Å²) >= 11 is 5.93. The Bertz CT molecular complexity index is 460. The van der Waals surface area contributed by atoms with E-state index in [1.54, 1.807) is 20.2 Å². The largest absolute Gasteiger partial charge is 0.489 e. The average molecular weight is 442 g/mol. The molecule has 0 aliphatic rings. The molecule has 1 aromatic rings. The minimum atomic E-state index is -0.0141. The molecule has 0 aromatic heterocycles. The normalized spacial score (nSPS) is 13.8. The number of methoxy groups -OCH3 is 1. The number of nitrogens with one attached hydrogen (secondary N) is 2. The van der Waals surface area contributed by atoms with Crippen LogP contribution in [0.4, 0.5) is 0 Å². The fourth-order valence-corrected chi connectivity index (χ4v) is 1.95. The zero-order valence-corrected chi connectivity index (χ0v) is 16.5. The molecule has 0 radical (unpaired) electrons. The van der Waals surface area contributed by atoms with Gasteiger partial charge in [0.2, 0.25) is 0 Å². The van der Waals surface area contributed by atoms with E-state index in [1.807, 2.05) is 32.0 Å². The third-order valence-corrected chi connectivity index (χ3v) is 2.95. The van der Waals surface area contributed by atoms with Gasteiger partial charge < -0.3 is 20.1 Å². The molecule has 2 N–H and O–H groups in total. The molecule has 1 rings (SSSR count). The predicted molar refractivity (Wildman–Crippen MR) is 103 cm³/mol. The quantitative estimate of drug-likeness (QED) is 0.388. The highest BCUT2D eigenvalue weighted by molar-refractivity contribution is 14.0. The minimum absolute atomic E-state index is 0. The maximum atomic E-state index is 5.93. The topological polar surface area (TPSA) is 54.9 Å². The Kier molecular flexibility index (Phi) is 11.4. The summed E-state index contributed by atoms with van der Waals surface area (Å²) in [6.45, 7) is 5.27. The third kappa shape index (κ3) is 8.65. The van der Waals surface area contributed by atoms with E-state index in [1.165, 1.54) is 0 Å². The van der Waals surface area contributed by atoms with Gasteiger partial charge in [0, 0.05) is 25.2 Å². The number of halogens is 2. The molecule has 0 amide bonds. The van der Waals surface area contributed by atoms with Gasteiger partial charge in [0.1, 0.15) is 11.9 Å². The molecule has 7 heteroatoms. The van der Waals surface area contributed by atoms with Crippen LogP contribution in [0, 0.1) is 0 Å². The Morgan fingerprint density at radius 1 is 1.36 bits per heavy atom. The van der Waals surface area contributed by atoms with Crippen molar-refractivity contribution >= 4 is 41.5 Å². The lowest BCUT2D eigenvalue weighted by Gasteiger charge is -2.20. The van der Waals surface area contributed by atoms with Crippen LogP contribution < -0.4 is 15.4 Å². The number of ether oxygens (including phenoxy) is 2. The molecule has 2 atom stereocenters. The zero-order chi connectivity index (χ0) is 15.7. The van der Waals surface area contributed by atoms with Crippen LogP contribution in [0.15, 0.2) is 29.3 Å². The van der Waals surface area contributed by atoms with Crippen molar-refractivity contribution < 1.29 is 9.47 Å². The number of nitrogens with zero attached hydrogens (tertiary/aromatic N) is 1. The number of hydrogen-bond donors (Lipinski definition) is 2. The van der Waals surface area contributed by atoms with E-state index in [0.717, 1.165) is 11.7 Å². The van der Waals surface area contributed by atoms with Crippen LogP contribution in [0.5, 0.6) is 5.75 Å². The lowest BCUT2D eigenvalue weighted by Crippen LogP contribution is -2.46. The Hall–Kier alpha value is -0.730. The summed E-state index contributed by atoms with van der Waals surface area (Å²) < 4.78 is 10.9. The molecule has 0 saturated heterocycles. The van der Waals surface area contributed by atoms with E-state index in [4.69, 9.17) is 21.1 Å². The smallest absolute Gasteiger partial charge is 0.191 e. The first-order valence-corrected chi connectivity index (χ1v) is 7.31. The van der Waals surface area contributed by atoms with E-state index in [2.05, 4.69) is 15.6 Å². The molecule has 0 bridgehead atoms. The van der Waals surface area contributed by atoms with Gasteiger partial charge in [-0.05, 0) is 32.0 Å². The van der Waals surface area contributed by atoms with Crippen LogP contribution in [0.2, 0.25) is 5.02 Å². The molecule has 126 valence electrons. The molecule has 22 heavy (non-hydrogen) atoms. The zero-order valence-electron chi connectivity index (χ0n) is 13.4. The van der Waals surface area contributed by atoms with Gasteiger partial charge >= 0.3 is 0 Å². The fourth-order valence-electron chi connectivity index (χ4n) is 1.77. The van der Waals surface area contributed by atoms with Gasteiger partial charge in [-0.1, -0.05) is 17.7 Å². The van der Waals surface area contributed by atoms with Crippen LogP contribution in [-0.4, -0.2) is 45.4 Å². The average Bonchev–Trinajstić information content (AvgIpc) is 2.43. The van der Waals surface area contributed by atoms with Crippen LogP contribution in [0.25, 0.3) is 0 Å². The second-order valence-electron chi connectivity index (χ2n) is 4.84. The van der Waals surface area contributed by atoms with Gasteiger partial charge in [0.25, 0.3) is 0 Å². The number of hydrogen-bond acceptors (Lipinski definition) is 3. The number of benzene rings is 1. The second kappa shape index (κ2) is 11.8. The molecule has 0 aliphatic heterocycles. The first kappa shape index (κ1) is 21.3. The van der Waals surface area contributed by atoms with E-state index < -0.39 is 0 Å². The molecular weight excluding hydrogens is 417 g/mol. The summed E-state index contributed by atoms with van der Waals surface area (Å²) in [5.41, 5.74) is 0. The van der Waals surface area contributed by atoms with Crippen LogP contribution in [0.3, 0.4) is 0 Å². The summed E-state index contributed by atoms with van der Waals surface area (Å²) in [5, 5.41) is 7.12. The molecule has 1 aromatic carbocycles. The Morgan fingerprint density at radius 3 is 2.68 bits per heavy atom. The van der Waals surface area contributed by atoms with Crippen LogP contribution in [-0.2, 0) is 4.74 Å². The van der Waals surface area contributed by atoms with Crippen molar-refractivity contribution in [2.45, 2.75) is 26.0 Å². The van der Waals surface area contributed by atoms with Gasteiger partial charge in [0.05, 0.1) is 13.2 Å². The standard InChI is InChI=1S/C15H24ClN3O2.HI/c1-11(10-20-4)19-15(17-3)18-9-12(2)21-14-7-5-6-13(16)8-14;/h5-8,11-12H,9-10H2,1-4H3,(H2,17,18,19);1H. The third-order valence-electron chi connectivity index (χ3n) is 2.71.